The molecule has 3 N–H and O–H groups in total. The van der Waals surface area contributed by atoms with Gasteiger partial charge in [0.2, 0.25) is 0 Å². The number of esters is 1. The van der Waals surface area contributed by atoms with E-state index in [-0.39, 0.29) is 11.9 Å². The zero-order chi connectivity index (χ0) is 15.3. The zero-order valence-electron chi connectivity index (χ0n) is 12.4. The average molecular weight is 278 g/mol. The van der Waals surface area contributed by atoms with E-state index in [9.17, 15) is 9.59 Å². The van der Waals surface area contributed by atoms with E-state index in [0.29, 0.717) is 11.3 Å². The summed E-state index contributed by atoms with van der Waals surface area (Å²) in [5.41, 5.74) is 7.51. The minimum absolute atomic E-state index is 0.0543. The Morgan fingerprint density at radius 3 is 2.55 bits per heavy atom. The lowest BCUT2D eigenvalue weighted by molar-refractivity contribution is -0.129. The second-order valence-electron chi connectivity index (χ2n) is 4.94. The minimum atomic E-state index is -0.834. The van der Waals surface area contributed by atoms with Crippen LogP contribution in [-0.4, -0.2) is 24.0 Å². The van der Waals surface area contributed by atoms with E-state index < -0.39 is 12.1 Å². The SMILES string of the molecule is CCC(C)NC(=O)C(C)OC(=O)c1ccc(C)c(N)c1. The highest BCUT2D eigenvalue weighted by Gasteiger charge is 2.20. The van der Waals surface area contributed by atoms with Crippen LogP contribution in [-0.2, 0) is 9.53 Å². The van der Waals surface area contributed by atoms with Crippen molar-refractivity contribution in [1.29, 1.82) is 0 Å². The Hall–Kier alpha value is -2.04. The third-order valence-electron chi connectivity index (χ3n) is 3.17. The van der Waals surface area contributed by atoms with Gasteiger partial charge in [0.25, 0.3) is 5.91 Å². The van der Waals surface area contributed by atoms with Crippen LogP contribution in [0.5, 0.6) is 0 Å². The Bertz CT molecular complexity index is 500. The molecule has 0 bridgehead atoms. The molecule has 1 aromatic rings. The molecule has 0 fully saturated rings. The molecule has 0 saturated carbocycles. The van der Waals surface area contributed by atoms with Crippen LogP contribution in [0.15, 0.2) is 18.2 Å². The maximum atomic E-state index is 11.9. The Labute approximate surface area is 119 Å². The molecule has 0 aliphatic rings. The number of hydrogen-bond donors (Lipinski definition) is 2. The number of hydrogen-bond acceptors (Lipinski definition) is 4. The number of anilines is 1. The number of benzene rings is 1. The van der Waals surface area contributed by atoms with Crippen LogP contribution in [0.25, 0.3) is 0 Å². The Morgan fingerprint density at radius 1 is 1.35 bits per heavy atom. The summed E-state index contributed by atoms with van der Waals surface area (Å²) in [5.74, 6) is -0.851. The lowest BCUT2D eigenvalue weighted by Gasteiger charge is -2.17. The number of ether oxygens (including phenoxy) is 1. The molecule has 0 aliphatic carbocycles. The lowest BCUT2D eigenvalue weighted by atomic mass is 10.1. The van der Waals surface area contributed by atoms with Crippen LogP contribution < -0.4 is 11.1 Å². The molecule has 1 aromatic carbocycles. The van der Waals surface area contributed by atoms with Crippen molar-refractivity contribution < 1.29 is 14.3 Å². The van der Waals surface area contributed by atoms with Crippen LogP contribution in [0.1, 0.15) is 43.1 Å². The van der Waals surface area contributed by atoms with Crippen LogP contribution in [0.4, 0.5) is 5.69 Å². The van der Waals surface area contributed by atoms with Crippen molar-refractivity contribution >= 4 is 17.6 Å². The average Bonchev–Trinajstić information content (AvgIpc) is 2.41. The maximum Gasteiger partial charge on any atom is 0.338 e. The van der Waals surface area contributed by atoms with Gasteiger partial charge < -0.3 is 15.8 Å². The van der Waals surface area contributed by atoms with Crippen LogP contribution >= 0.6 is 0 Å². The summed E-state index contributed by atoms with van der Waals surface area (Å²) in [4.78, 5) is 23.7. The van der Waals surface area contributed by atoms with E-state index in [0.717, 1.165) is 12.0 Å². The fourth-order valence-electron chi connectivity index (χ4n) is 1.51. The summed E-state index contributed by atoms with van der Waals surface area (Å²) >= 11 is 0. The summed E-state index contributed by atoms with van der Waals surface area (Å²) in [5, 5.41) is 2.77. The van der Waals surface area contributed by atoms with Gasteiger partial charge in [-0.25, -0.2) is 4.79 Å². The van der Waals surface area contributed by atoms with Crippen LogP contribution in [0.2, 0.25) is 0 Å². The van der Waals surface area contributed by atoms with Gasteiger partial charge in [-0.2, -0.15) is 0 Å². The maximum absolute atomic E-state index is 11.9. The molecule has 1 rings (SSSR count). The molecule has 1 amide bonds. The van der Waals surface area contributed by atoms with Crippen LogP contribution in [0.3, 0.4) is 0 Å². The van der Waals surface area contributed by atoms with Gasteiger partial charge in [0.05, 0.1) is 5.56 Å². The summed E-state index contributed by atoms with van der Waals surface area (Å²) in [6.07, 6.45) is -0.0139. The van der Waals surface area contributed by atoms with E-state index in [2.05, 4.69) is 5.32 Å². The van der Waals surface area contributed by atoms with Crippen molar-refractivity contribution in [3.8, 4) is 0 Å². The second kappa shape index (κ2) is 6.93. The molecule has 2 unspecified atom stereocenters. The Kier molecular flexibility index (Phi) is 5.55. The van der Waals surface area contributed by atoms with Gasteiger partial charge in [-0.3, -0.25) is 4.79 Å². The highest BCUT2D eigenvalue weighted by atomic mass is 16.5. The number of carbonyl (C=O) groups excluding carboxylic acids is 2. The molecule has 0 spiro atoms. The first kappa shape index (κ1) is 16.0. The molecule has 0 saturated heterocycles. The van der Waals surface area contributed by atoms with Crippen molar-refractivity contribution in [3.05, 3.63) is 29.3 Å². The van der Waals surface area contributed by atoms with E-state index in [4.69, 9.17) is 10.5 Å². The summed E-state index contributed by atoms with van der Waals surface area (Å²) in [6.45, 7) is 7.27. The predicted molar refractivity (Wildman–Crippen MR) is 78.4 cm³/mol. The highest BCUT2D eigenvalue weighted by molar-refractivity contribution is 5.93. The topological polar surface area (TPSA) is 81.4 Å². The number of nitrogens with one attached hydrogen (secondary N) is 1. The highest BCUT2D eigenvalue weighted by Crippen LogP contribution is 2.14. The van der Waals surface area contributed by atoms with Gasteiger partial charge in [0.15, 0.2) is 6.10 Å². The van der Waals surface area contributed by atoms with Crippen molar-refractivity contribution in [1.82, 2.24) is 5.32 Å². The number of amides is 1. The quantitative estimate of drug-likeness (QED) is 0.638. The molecular weight excluding hydrogens is 256 g/mol. The summed E-state index contributed by atoms with van der Waals surface area (Å²) < 4.78 is 5.13. The molecule has 0 aromatic heterocycles. The molecule has 20 heavy (non-hydrogen) atoms. The normalized spacial score (nSPS) is 13.4. The number of carbonyl (C=O) groups is 2. The molecule has 0 heterocycles. The molecule has 5 heteroatoms. The van der Waals surface area contributed by atoms with Crippen molar-refractivity contribution in [2.24, 2.45) is 0 Å². The van der Waals surface area contributed by atoms with Gasteiger partial charge in [-0.1, -0.05) is 13.0 Å². The molecule has 2 atom stereocenters. The van der Waals surface area contributed by atoms with Crippen molar-refractivity contribution in [2.45, 2.75) is 46.3 Å². The molecule has 0 aliphatic heterocycles. The first-order chi connectivity index (χ1) is 9.35. The summed E-state index contributed by atoms with van der Waals surface area (Å²) in [7, 11) is 0. The molecule has 110 valence electrons. The number of aryl methyl sites for hydroxylation is 1. The van der Waals surface area contributed by atoms with Gasteiger partial charge in [-0.05, 0) is 44.9 Å². The van der Waals surface area contributed by atoms with Gasteiger partial charge in [-0.15, -0.1) is 0 Å². The number of nitrogen functional groups attached to an aromatic ring is 1. The standard InChI is InChI=1S/C15H22N2O3/c1-5-10(3)17-14(18)11(4)20-15(19)12-7-6-9(2)13(16)8-12/h6-8,10-11H,5,16H2,1-4H3,(H,17,18). The van der Waals surface area contributed by atoms with E-state index in [1.165, 1.54) is 0 Å². The van der Waals surface area contributed by atoms with Crippen LogP contribution in [0, 0.1) is 6.92 Å². The van der Waals surface area contributed by atoms with E-state index >= 15 is 0 Å². The minimum Gasteiger partial charge on any atom is -0.449 e. The fourth-order valence-corrected chi connectivity index (χ4v) is 1.51. The number of rotatable bonds is 5. The Balaban J connectivity index is 2.65. The van der Waals surface area contributed by atoms with Gasteiger partial charge in [0.1, 0.15) is 0 Å². The third kappa shape index (κ3) is 4.26. The molecule has 0 radical (unpaired) electrons. The van der Waals surface area contributed by atoms with Gasteiger partial charge >= 0.3 is 5.97 Å². The lowest BCUT2D eigenvalue weighted by Crippen LogP contribution is -2.40. The van der Waals surface area contributed by atoms with Crippen molar-refractivity contribution in [2.75, 3.05) is 5.73 Å². The van der Waals surface area contributed by atoms with E-state index in [1.54, 1.807) is 25.1 Å². The number of nitrogens with two attached hydrogens (primary N) is 1. The smallest absolute Gasteiger partial charge is 0.338 e. The molecular formula is C15H22N2O3. The van der Waals surface area contributed by atoms with Crippen molar-refractivity contribution in [3.63, 3.8) is 0 Å². The Morgan fingerprint density at radius 2 is 2.00 bits per heavy atom. The monoisotopic (exact) mass is 278 g/mol. The third-order valence-corrected chi connectivity index (χ3v) is 3.17. The predicted octanol–water partition coefficient (Wildman–Crippen LogP) is 2.04. The van der Waals surface area contributed by atoms with Gasteiger partial charge in [0, 0.05) is 11.7 Å². The molecule has 5 nitrogen and oxygen atoms in total. The second-order valence-corrected chi connectivity index (χ2v) is 4.94. The fraction of sp³-hybridized carbons (Fsp3) is 0.467. The summed E-state index contributed by atoms with van der Waals surface area (Å²) in [6, 6.07) is 4.98. The van der Waals surface area contributed by atoms with E-state index in [1.807, 2.05) is 20.8 Å². The zero-order valence-corrected chi connectivity index (χ0v) is 12.4. The first-order valence-corrected chi connectivity index (χ1v) is 6.72. The first-order valence-electron chi connectivity index (χ1n) is 6.72. The largest absolute Gasteiger partial charge is 0.449 e.